The minimum atomic E-state index is -0.735. The molecule has 0 aliphatic heterocycles. The average molecular weight is 486 g/mol. The molecular weight excluding hydrogens is 434 g/mol. The first-order chi connectivity index (χ1) is 16.7. The van der Waals surface area contributed by atoms with Crippen molar-refractivity contribution in [1.29, 1.82) is 0 Å². The molecule has 0 radical (unpaired) electrons. The van der Waals surface area contributed by atoms with Gasteiger partial charge in [0, 0.05) is 31.3 Å². The minimum absolute atomic E-state index is 0.0565. The summed E-state index contributed by atoms with van der Waals surface area (Å²) in [5.41, 5.74) is -0.510. The van der Waals surface area contributed by atoms with Crippen LogP contribution in [0.3, 0.4) is 0 Å². The number of hydrogen-bond acceptors (Lipinski definition) is 3. The predicted octanol–water partition coefficient (Wildman–Crippen LogP) is 6.54. The number of Topliss-reactive ketones (excluding diaryl/α,β-unsaturated/α-hetero) is 1. The van der Waals surface area contributed by atoms with E-state index >= 15 is 0 Å². The van der Waals surface area contributed by atoms with E-state index in [1.807, 2.05) is 0 Å². The van der Waals surface area contributed by atoms with E-state index in [4.69, 9.17) is 0 Å². The van der Waals surface area contributed by atoms with Crippen molar-refractivity contribution in [2.45, 2.75) is 129 Å². The van der Waals surface area contributed by atoms with E-state index in [0.717, 1.165) is 51.5 Å². The molecule has 0 aromatic carbocycles. The number of fused-ring (bicyclic) bond motifs is 5. The maximum Gasteiger partial charge on any atom is 0.222 e. The van der Waals surface area contributed by atoms with Crippen molar-refractivity contribution in [3.05, 3.63) is 0 Å². The first-order valence-corrected chi connectivity index (χ1v) is 15.2. The van der Waals surface area contributed by atoms with Crippen molar-refractivity contribution in [3.8, 4) is 0 Å². The Bertz CT molecular complexity index is 805. The second-order valence-corrected chi connectivity index (χ2v) is 14.0. The fourth-order valence-electron chi connectivity index (χ4n) is 9.90. The summed E-state index contributed by atoms with van der Waals surface area (Å²) in [4.78, 5) is 27.9. The number of rotatable bonds is 6. The molecule has 35 heavy (non-hydrogen) atoms. The lowest BCUT2D eigenvalue weighted by Gasteiger charge is -2.61. The van der Waals surface area contributed by atoms with Crippen LogP contribution >= 0.6 is 0 Å². The van der Waals surface area contributed by atoms with Crippen LogP contribution in [-0.4, -0.2) is 40.4 Å². The summed E-state index contributed by atoms with van der Waals surface area (Å²) in [5.74, 6) is 3.92. The van der Waals surface area contributed by atoms with Gasteiger partial charge < -0.3 is 10.0 Å². The predicted molar refractivity (Wildman–Crippen MR) is 140 cm³/mol. The van der Waals surface area contributed by atoms with E-state index in [9.17, 15) is 14.7 Å². The van der Waals surface area contributed by atoms with E-state index in [1.54, 1.807) is 0 Å². The second kappa shape index (κ2) is 9.76. The number of hydrogen-bond donors (Lipinski definition) is 1. The van der Waals surface area contributed by atoms with Gasteiger partial charge in [-0.25, -0.2) is 0 Å². The first kappa shape index (κ1) is 25.7. The van der Waals surface area contributed by atoms with E-state index < -0.39 is 5.60 Å². The van der Waals surface area contributed by atoms with Gasteiger partial charge in [-0.2, -0.15) is 0 Å². The van der Waals surface area contributed by atoms with Crippen LogP contribution < -0.4 is 0 Å². The van der Waals surface area contributed by atoms with Crippen LogP contribution in [0.5, 0.6) is 0 Å². The highest BCUT2D eigenvalue weighted by atomic mass is 16.3. The number of carbonyl (C=O) groups excluding carboxylic acids is 2. The zero-order valence-corrected chi connectivity index (χ0v) is 22.8. The normalized spacial score (nSPS) is 43.8. The maximum atomic E-state index is 13.1. The van der Waals surface area contributed by atoms with Crippen molar-refractivity contribution in [3.63, 3.8) is 0 Å². The lowest BCUT2D eigenvalue weighted by Crippen LogP contribution is -2.58. The van der Waals surface area contributed by atoms with Crippen LogP contribution in [0.4, 0.5) is 0 Å². The van der Waals surface area contributed by atoms with Crippen molar-refractivity contribution >= 4 is 11.7 Å². The van der Waals surface area contributed by atoms with E-state index in [2.05, 4.69) is 25.7 Å². The highest BCUT2D eigenvalue weighted by molar-refractivity contribution is 5.87. The molecule has 0 aromatic heterocycles. The van der Waals surface area contributed by atoms with Gasteiger partial charge in [-0.3, -0.25) is 9.59 Å². The molecular formula is C31H51NO3. The summed E-state index contributed by atoms with van der Waals surface area (Å²) in [6, 6.07) is 0. The van der Waals surface area contributed by atoms with Gasteiger partial charge in [0.2, 0.25) is 5.91 Å². The summed E-state index contributed by atoms with van der Waals surface area (Å²) in [7, 11) is 0. The molecule has 0 unspecified atom stereocenters. The Balaban J connectivity index is 1.28. The van der Waals surface area contributed by atoms with Gasteiger partial charge in [-0.1, -0.05) is 40.0 Å². The maximum absolute atomic E-state index is 13.1. The van der Waals surface area contributed by atoms with Gasteiger partial charge in [0.25, 0.3) is 0 Å². The van der Waals surface area contributed by atoms with Crippen LogP contribution in [0, 0.1) is 40.4 Å². The van der Waals surface area contributed by atoms with Crippen molar-refractivity contribution in [1.82, 2.24) is 4.90 Å². The van der Waals surface area contributed by atoms with Gasteiger partial charge in [0.05, 0.1) is 5.60 Å². The Morgan fingerprint density at radius 3 is 2.49 bits per heavy atom. The fraction of sp³-hybridized carbons (Fsp3) is 0.935. The topological polar surface area (TPSA) is 57.6 Å². The number of amides is 1. The Hall–Kier alpha value is -0.900. The largest absolute Gasteiger partial charge is 0.388 e. The zero-order valence-electron chi connectivity index (χ0n) is 22.8. The number of ketones is 1. The lowest BCUT2D eigenvalue weighted by atomic mass is 9.44. The monoisotopic (exact) mass is 485 g/mol. The molecule has 0 aromatic rings. The fourth-order valence-corrected chi connectivity index (χ4v) is 9.90. The highest BCUT2D eigenvalue weighted by Gasteiger charge is 2.61. The zero-order chi connectivity index (χ0) is 24.8. The molecule has 0 spiro atoms. The molecule has 1 N–H and O–H groups in total. The smallest absolute Gasteiger partial charge is 0.222 e. The molecule has 0 heterocycles. The molecule has 4 nitrogen and oxygen atoms in total. The van der Waals surface area contributed by atoms with E-state index in [-0.39, 0.29) is 16.7 Å². The third-order valence-corrected chi connectivity index (χ3v) is 12.0. The SMILES string of the molecule is CCCC(=O)N(CC1CCCCC1)C[C@@]1(O)CC[C@@]2(C)[C@@H](CC[C@@H]3[C@@H]2CC[C@]2(C)C(=O)CC[C@@H]32)C1. The molecule has 5 aliphatic rings. The molecule has 5 fully saturated rings. The van der Waals surface area contributed by atoms with Crippen LogP contribution in [0.2, 0.25) is 0 Å². The first-order valence-electron chi connectivity index (χ1n) is 15.2. The molecule has 7 atom stereocenters. The molecule has 1 amide bonds. The molecule has 198 valence electrons. The van der Waals surface area contributed by atoms with Crippen molar-refractivity contribution in [2.24, 2.45) is 40.4 Å². The third-order valence-electron chi connectivity index (χ3n) is 12.0. The van der Waals surface area contributed by atoms with E-state index in [1.165, 1.54) is 51.4 Å². The Morgan fingerprint density at radius 2 is 1.74 bits per heavy atom. The summed E-state index contributed by atoms with van der Waals surface area (Å²) in [6.07, 6.45) is 17.2. The summed E-state index contributed by atoms with van der Waals surface area (Å²) >= 11 is 0. The van der Waals surface area contributed by atoms with Crippen LogP contribution in [0.1, 0.15) is 124 Å². The Labute approximate surface area is 214 Å². The summed E-state index contributed by atoms with van der Waals surface area (Å²) in [5, 5.41) is 11.9. The molecule has 0 saturated heterocycles. The van der Waals surface area contributed by atoms with Gasteiger partial charge in [-0.15, -0.1) is 0 Å². The van der Waals surface area contributed by atoms with E-state index in [0.29, 0.717) is 48.3 Å². The van der Waals surface area contributed by atoms with Gasteiger partial charge in [0.1, 0.15) is 5.78 Å². The van der Waals surface area contributed by atoms with Crippen molar-refractivity contribution in [2.75, 3.05) is 13.1 Å². The summed E-state index contributed by atoms with van der Waals surface area (Å²) < 4.78 is 0. The third kappa shape index (κ3) is 4.64. The molecule has 5 rings (SSSR count). The second-order valence-electron chi connectivity index (χ2n) is 14.0. The van der Waals surface area contributed by atoms with Gasteiger partial charge in [0.15, 0.2) is 0 Å². The highest BCUT2D eigenvalue weighted by Crippen LogP contribution is 2.66. The summed E-state index contributed by atoms with van der Waals surface area (Å²) in [6.45, 7) is 8.27. The number of carbonyl (C=O) groups is 2. The molecule has 5 aliphatic carbocycles. The number of nitrogens with zero attached hydrogens (tertiary/aromatic N) is 1. The van der Waals surface area contributed by atoms with Gasteiger partial charge >= 0.3 is 0 Å². The van der Waals surface area contributed by atoms with Gasteiger partial charge in [-0.05, 0) is 106 Å². The van der Waals surface area contributed by atoms with Crippen LogP contribution in [0.25, 0.3) is 0 Å². The van der Waals surface area contributed by atoms with Crippen molar-refractivity contribution < 1.29 is 14.7 Å². The van der Waals surface area contributed by atoms with Crippen LogP contribution in [-0.2, 0) is 9.59 Å². The molecule has 4 heteroatoms. The molecule has 0 bridgehead atoms. The average Bonchev–Trinajstić information content (AvgIpc) is 3.14. The van der Waals surface area contributed by atoms with Crippen LogP contribution in [0.15, 0.2) is 0 Å². The Kier molecular flexibility index (Phi) is 7.18. The lowest BCUT2D eigenvalue weighted by molar-refractivity contribution is -0.161. The molecule has 5 saturated carbocycles. The standard InChI is InChI=1S/C31H51NO3/c1-4-8-28(34)32(20-22-9-6-5-7-10-22)21-31(35)18-17-29(2)23(19-31)11-12-24-25-13-14-27(33)30(25,3)16-15-26(24)29/h22-26,35H,4-21H2,1-3H3/t23-,24-,25-,26-,29-,30-,31+/m0/s1. The Morgan fingerprint density at radius 1 is 0.971 bits per heavy atom. The number of aliphatic hydroxyl groups is 1. The quantitative estimate of drug-likeness (QED) is 0.465. The minimum Gasteiger partial charge on any atom is -0.388 e.